The fourth-order valence-electron chi connectivity index (χ4n) is 4.39. The van der Waals surface area contributed by atoms with Crippen LogP contribution in [0.15, 0.2) is 55.0 Å². The molecule has 2 fully saturated rings. The zero-order valence-corrected chi connectivity index (χ0v) is 17.1. The monoisotopic (exact) mass is 402 g/mol. The average molecular weight is 402 g/mol. The number of imidazole rings is 1. The minimum atomic E-state index is -0.0873. The maximum absolute atomic E-state index is 12.5. The molecule has 3 heterocycles. The highest BCUT2D eigenvalue weighted by atomic mass is 16.2. The molecule has 154 valence electrons. The summed E-state index contributed by atoms with van der Waals surface area (Å²) in [6.07, 6.45) is 7.63. The smallest absolute Gasteiger partial charge is 0.251 e. The molecule has 3 atom stereocenters. The molecule has 6 nitrogen and oxygen atoms in total. The Morgan fingerprint density at radius 1 is 1.17 bits per heavy atom. The average Bonchev–Trinajstić information content (AvgIpc) is 3.15. The van der Waals surface area contributed by atoms with E-state index in [0.29, 0.717) is 29.9 Å². The molecule has 1 N–H and O–H groups in total. The Kier molecular flexibility index (Phi) is 4.77. The summed E-state index contributed by atoms with van der Waals surface area (Å²) >= 11 is 0. The molecule has 1 aromatic carbocycles. The highest BCUT2D eigenvalue weighted by molar-refractivity contribution is 5.94. The van der Waals surface area contributed by atoms with Gasteiger partial charge in [-0.15, -0.1) is 0 Å². The number of carbonyl (C=O) groups excluding carboxylic acids is 2. The molecule has 0 bridgehead atoms. The molecule has 2 amide bonds. The van der Waals surface area contributed by atoms with E-state index in [0.717, 1.165) is 37.1 Å². The van der Waals surface area contributed by atoms with Crippen LogP contribution in [0.3, 0.4) is 0 Å². The lowest BCUT2D eigenvalue weighted by molar-refractivity contribution is -0.131. The van der Waals surface area contributed by atoms with E-state index in [9.17, 15) is 9.59 Å². The quantitative estimate of drug-likeness (QED) is 0.713. The Bertz CT molecular complexity index is 1090. The minimum Gasteiger partial charge on any atom is -0.348 e. The van der Waals surface area contributed by atoms with Gasteiger partial charge in [0.2, 0.25) is 5.91 Å². The number of pyridine rings is 1. The van der Waals surface area contributed by atoms with Gasteiger partial charge < -0.3 is 14.6 Å². The van der Waals surface area contributed by atoms with Crippen LogP contribution in [0.5, 0.6) is 0 Å². The first-order valence-electron chi connectivity index (χ1n) is 10.7. The highest BCUT2D eigenvalue weighted by Crippen LogP contribution is 2.40. The van der Waals surface area contributed by atoms with E-state index in [2.05, 4.69) is 17.2 Å². The van der Waals surface area contributed by atoms with Gasteiger partial charge in [-0.05, 0) is 54.2 Å². The largest absolute Gasteiger partial charge is 0.348 e. The lowest BCUT2D eigenvalue weighted by atomic mass is 9.97. The number of benzene rings is 1. The van der Waals surface area contributed by atoms with Crippen molar-refractivity contribution in [2.75, 3.05) is 13.1 Å². The summed E-state index contributed by atoms with van der Waals surface area (Å²) in [6.45, 7) is 4.25. The molecular formula is C24H26N4O2. The second-order valence-corrected chi connectivity index (χ2v) is 8.62. The minimum absolute atomic E-state index is 0.0873. The highest BCUT2D eigenvalue weighted by Gasteiger charge is 2.43. The van der Waals surface area contributed by atoms with Crippen molar-refractivity contribution in [2.45, 2.75) is 32.2 Å². The molecule has 6 heteroatoms. The third-order valence-corrected chi connectivity index (χ3v) is 6.49. The number of nitrogens with one attached hydrogen (secondary N) is 1. The third-order valence-electron chi connectivity index (χ3n) is 6.49. The fourth-order valence-corrected chi connectivity index (χ4v) is 4.39. The van der Waals surface area contributed by atoms with Gasteiger partial charge in [-0.25, -0.2) is 4.98 Å². The molecule has 3 unspecified atom stereocenters. The van der Waals surface area contributed by atoms with Gasteiger partial charge in [0, 0.05) is 55.6 Å². The summed E-state index contributed by atoms with van der Waals surface area (Å²) in [5.41, 5.74) is 3.74. The van der Waals surface area contributed by atoms with Gasteiger partial charge in [-0.3, -0.25) is 9.59 Å². The van der Waals surface area contributed by atoms with Crippen LogP contribution in [0.4, 0.5) is 0 Å². The summed E-state index contributed by atoms with van der Waals surface area (Å²) in [5, 5.41) is 2.98. The zero-order chi connectivity index (χ0) is 20.7. The summed E-state index contributed by atoms with van der Waals surface area (Å²) in [7, 11) is 0. The van der Waals surface area contributed by atoms with Crippen LogP contribution < -0.4 is 5.32 Å². The number of carbonyl (C=O) groups is 2. The Balaban J connectivity index is 1.17. The molecule has 1 aliphatic carbocycles. The van der Waals surface area contributed by atoms with Crippen molar-refractivity contribution in [3.63, 3.8) is 0 Å². The number of nitrogens with zero attached hydrogens (tertiary/aromatic N) is 3. The molecule has 5 rings (SSSR count). The fraction of sp³-hybridized carbons (Fsp3) is 0.375. The normalized spacial score (nSPS) is 23.0. The van der Waals surface area contributed by atoms with Crippen LogP contribution >= 0.6 is 0 Å². The predicted molar refractivity (Wildman–Crippen MR) is 114 cm³/mol. The van der Waals surface area contributed by atoms with Crippen molar-refractivity contribution >= 4 is 17.5 Å². The summed E-state index contributed by atoms with van der Waals surface area (Å²) in [5.74, 6) is 1.41. The number of amides is 2. The zero-order valence-electron chi connectivity index (χ0n) is 17.1. The molecule has 2 aliphatic rings. The lowest BCUT2D eigenvalue weighted by Gasteiger charge is -2.17. The van der Waals surface area contributed by atoms with Crippen molar-refractivity contribution < 1.29 is 9.59 Å². The van der Waals surface area contributed by atoms with Gasteiger partial charge >= 0.3 is 0 Å². The molecule has 0 spiro atoms. The maximum atomic E-state index is 12.5. The van der Waals surface area contributed by atoms with Gasteiger partial charge in [0.1, 0.15) is 5.65 Å². The number of aromatic nitrogens is 2. The van der Waals surface area contributed by atoms with Crippen molar-refractivity contribution in [1.29, 1.82) is 0 Å². The van der Waals surface area contributed by atoms with E-state index in [-0.39, 0.29) is 11.8 Å². The van der Waals surface area contributed by atoms with Crippen LogP contribution in [0.2, 0.25) is 0 Å². The number of hydrogen-bond acceptors (Lipinski definition) is 3. The second kappa shape index (κ2) is 7.59. The standard InChI is InChI=1S/C24H26N4O2/c1-16-12-21(16)24(30)28-10-7-20(15-28)18-2-4-19(5-3-18)23(29)26-14-17-6-9-27-11-8-25-22(27)13-17/h2-6,8-9,11,13,16,20-21H,7,10,12,14-15H2,1H3,(H,26,29). The van der Waals surface area contributed by atoms with E-state index in [1.54, 1.807) is 6.20 Å². The van der Waals surface area contributed by atoms with Crippen molar-refractivity contribution in [2.24, 2.45) is 11.8 Å². The van der Waals surface area contributed by atoms with E-state index < -0.39 is 0 Å². The van der Waals surface area contributed by atoms with E-state index in [1.165, 1.54) is 5.56 Å². The van der Waals surface area contributed by atoms with E-state index in [4.69, 9.17) is 0 Å². The molecular weight excluding hydrogens is 376 g/mol. The van der Waals surface area contributed by atoms with Crippen LogP contribution in [0.1, 0.15) is 47.2 Å². The first-order valence-corrected chi connectivity index (χ1v) is 10.7. The van der Waals surface area contributed by atoms with Gasteiger partial charge in [0.15, 0.2) is 0 Å². The first kappa shape index (κ1) is 18.9. The number of fused-ring (bicyclic) bond motifs is 1. The van der Waals surface area contributed by atoms with Crippen molar-refractivity contribution in [3.05, 3.63) is 71.7 Å². The molecule has 1 aliphatic heterocycles. The first-order chi connectivity index (χ1) is 14.6. The van der Waals surface area contributed by atoms with Crippen molar-refractivity contribution in [3.8, 4) is 0 Å². The predicted octanol–water partition coefficient (Wildman–Crippen LogP) is 3.24. The molecule has 2 aromatic heterocycles. The van der Waals surface area contributed by atoms with Gasteiger partial charge in [0.25, 0.3) is 5.91 Å². The number of rotatable bonds is 5. The Labute approximate surface area is 175 Å². The van der Waals surface area contributed by atoms with E-state index in [1.807, 2.05) is 58.1 Å². The lowest BCUT2D eigenvalue weighted by Crippen LogP contribution is -2.30. The Morgan fingerprint density at radius 2 is 1.97 bits per heavy atom. The molecule has 3 aromatic rings. The Hall–Kier alpha value is -3.15. The SMILES string of the molecule is CC1CC1C(=O)N1CCC(c2ccc(C(=O)NCc3ccn4ccnc4c3)cc2)C1. The molecule has 1 saturated heterocycles. The topological polar surface area (TPSA) is 66.7 Å². The van der Waals surface area contributed by atoms with Gasteiger partial charge in [-0.2, -0.15) is 0 Å². The molecule has 0 radical (unpaired) electrons. The van der Waals surface area contributed by atoms with Crippen LogP contribution in [-0.4, -0.2) is 39.2 Å². The summed E-state index contributed by atoms with van der Waals surface area (Å²) in [6, 6.07) is 11.8. The Morgan fingerprint density at radius 3 is 2.73 bits per heavy atom. The maximum Gasteiger partial charge on any atom is 0.251 e. The molecule has 1 saturated carbocycles. The van der Waals surface area contributed by atoms with Crippen LogP contribution in [0.25, 0.3) is 5.65 Å². The van der Waals surface area contributed by atoms with Gasteiger partial charge in [0.05, 0.1) is 0 Å². The van der Waals surface area contributed by atoms with E-state index >= 15 is 0 Å². The molecule has 30 heavy (non-hydrogen) atoms. The summed E-state index contributed by atoms with van der Waals surface area (Å²) < 4.78 is 1.94. The third kappa shape index (κ3) is 3.70. The second-order valence-electron chi connectivity index (χ2n) is 8.62. The van der Waals surface area contributed by atoms with Crippen LogP contribution in [0, 0.1) is 11.8 Å². The van der Waals surface area contributed by atoms with Gasteiger partial charge in [-0.1, -0.05) is 19.1 Å². The number of likely N-dealkylation sites (tertiary alicyclic amines) is 1. The van der Waals surface area contributed by atoms with Crippen LogP contribution in [-0.2, 0) is 11.3 Å². The number of hydrogen-bond donors (Lipinski definition) is 1. The van der Waals surface area contributed by atoms with Crippen molar-refractivity contribution in [1.82, 2.24) is 19.6 Å². The summed E-state index contributed by atoms with van der Waals surface area (Å²) in [4.78, 5) is 31.3.